The number of nitrogens with zero attached hydrogens (tertiary/aromatic N) is 1. The number of hydrogen-bond acceptors (Lipinski definition) is 4. The lowest BCUT2D eigenvalue weighted by atomic mass is 10.2. The van der Waals surface area contributed by atoms with E-state index in [2.05, 4.69) is 4.74 Å². The average molecular weight is 293 g/mol. The van der Waals surface area contributed by atoms with Crippen molar-refractivity contribution >= 4 is 11.9 Å². The second-order valence-electron chi connectivity index (χ2n) is 4.76. The highest BCUT2D eigenvalue weighted by Crippen LogP contribution is 2.16. The Morgan fingerprint density at radius 2 is 1.95 bits per heavy atom. The summed E-state index contributed by atoms with van der Waals surface area (Å²) < 4.78 is 10.2. The molecule has 0 aromatic heterocycles. The van der Waals surface area contributed by atoms with E-state index in [4.69, 9.17) is 4.74 Å². The summed E-state index contributed by atoms with van der Waals surface area (Å²) in [6.07, 6.45) is 1.03. The van der Waals surface area contributed by atoms with Gasteiger partial charge in [-0.2, -0.15) is 0 Å². The van der Waals surface area contributed by atoms with Crippen LogP contribution in [-0.2, 0) is 14.3 Å². The molecule has 5 nitrogen and oxygen atoms in total. The molecule has 1 aromatic carbocycles. The molecule has 0 fully saturated rings. The first-order chi connectivity index (χ1) is 10.1. The first-order valence-electron chi connectivity index (χ1n) is 7.11. The molecule has 0 aliphatic heterocycles. The largest absolute Gasteiger partial charge is 0.493 e. The van der Waals surface area contributed by atoms with Crippen molar-refractivity contribution in [2.75, 3.05) is 26.8 Å². The van der Waals surface area contributed by atoms with Crippen molar-refractivity contribution in [3.8, 4) is 5.75 Å². The Balaban J connectivity index is 2.46. The summed E-state index contributed by atoms with van der Waals surface area (Å²) in [6, 6.07) is 7.66. The van der Waals surface area contributed by atoms with Gasteiger partial charge in [0.1, 0.15) is 12.3 Å². The van der Waals surface area contributed by atoms with E-state index in [-0.39, 0.29) is 18.9 Å². The summed E-state index contributed by atoms with van der Waals surface area (Å²) in [4.78, 5) is 24.9. The van der Waals surface area contributed by atoms with Crippen LogP contribution in [0.1, 0.15) is 25.3 Å². The number of rotatable bonds is 8. The molecule has 5 heteroatoms. The third kappa shape index (κ3) is 5.85. The summed E-state index contributed by atoms with van der Waals surface area (Å²) in [6.45, 7) is 4.75. The van der Waals surface area contributed by atoms with Crippen LogP contribution in [0.15, 0.2) is 24.3 Å². The summed E-state index contributed by atoms with van der Waals surface area (Å²) in [5, 5.41) is 0. The molecule has 0 bridgehead atoms. The van der Waals surface area contributed by atoms with E-state index in [1.165, 1.54) is 12.0 Å². The number of methoxy groups -OCH3 is 1. The van der Waals surface area contributed by atoms with Crippen LogP contribution in [-0.4, -0.2) is 43.6 Å². The zero-order valence-corrected chi connectivity index (χ0v) is 12.9. The lowest BCUT2D eigenvalue weighted by Gasteiger charge is -2.20. The van der Waals surface area contributed by atoms with Crippen LogP contribution in [0.25, 0.3) is 0 Å². The highest BCUT2D eigenvalue weighted by molar-refractivity contribution is 5.82. The molecule has 1 amide bonds. The fraction of sp³-hybridized carbons (Fsp3) is 0.500. The molecule has 0 spiro atoms. The second kappa shape index (κ2) is 9.00. The van der Waals surface area contributed by atoms with Crippen molar-refractivity contribution in [2.24, 2.45) is 0 Å². The smallest absolute Gasteiger partial charge is 0.325 e. The fourth-order valence-electron chi connectivity index (χ4n) is 1.91. The lowest BCUT2D eigenvalue weighted by Crippen LogP contribution is -2.37. The molecule has 21 heavy (non-hydrogen) atoms. The molecule has 116 valence electrons. The van der Waals surface area contributed by atoms with Gasteiger partial charge >= 0.3 is 5.97 Å². The Hall–Kier alpha value is -2.04. The molecular formula is C16H23NO4. The molecule has 0 unspecified atom stereocenters. The Bertz CT molecular complexity index is 473. The molecule has 0 N–H and O–H groups in total. The lowest BCUT2D eigenvalue weighted by molar-refractivity contribution is -0.147. The van der Waals surface area contributed by atoms with Gasteiger partial charge in [-0.25, -0.2) is 0 Å². The SMILES string of the molecule is CCCN(CC(=O)OC)C(=O)CCOc1ccccc1C. The normalized spacial score (nSPS) is 10.0. The highest BCUT2D eigenvalue weighted by atomic mass is 16.5. The summed E-state index contributed by atoms with van der Waals surface area (Å²) in [5.74, 6) is 0.271. The van der Waals surface area contributed by atoms with Crippen molar-refractivity contribution in [1.82, 2.24) is 4.90 Å². The molecule has 0 atom stereocenters. The van der Waals surface area contributed by atoms with E-state index in [1.54, 1.807) is 0 Å². The Morgan fingerprint density at radius 1 is 1.24 bits per heavy atom. The van der Waals surface area contributed by atoms with Gasteiger partial charge in [-0.3, -0.25) is 9.59 Å². The average Bonchev–Trinajstić information content (AvgIpc) is 2.48. The molecular weight excluding hydrogens is 270 g/mol. The van der Waals surface area contributed by atoms with E-state index in [0.717, 1.165) is 17.7 Å². The third-order valence-electron chi connectivity index (χ3n) is 3.06. The number of para-hydroxylation sites is 1. The maximum absolute atomic E-state index is 12.1. The van der Waals surface area contributed by atoms with E-state index >= 15 is 0 Å². The van der Waals surface area contributed by atoms with Crippen LogP contribution >= 0.6 is 0 Å². The van der Waals surface area contributed by atoms with E-state index < -0.39 is 5.97 Å². The van der Waals surface area contributed by atoms with Gasteiger partial charge in [0, 0.05) is 6.54 Å². The first kappa shape index (κ1) is 17.0. The number of ether oxygens (including phenoxy) is 2. The molecule has 1 rings (SSSR count). The molecule has 0 heterocycles. The number of carbonyl (C=O) groups excluding carboxylic acids is 2. The topological polar surface area (TPSA) is 55.8 Å². The third-order valence-corrected chi connectivity index (χ3v) is 3.06. The maximum atomic E-state index is 12.1. The van der Waals surface area contributed by atoms with E-state index in [1.807, 2.05) is 38.1 Å². The fourth-order valence-corrected chi connectivity index (χ4v) is 1.91. The maximum Gasteiger partial charge on any atom is 0.325 e. The summed E-state index contributed by atoms with van der Waals surface area (Å²) in [5.41, 5.74) is 1.03. The van der Waals surface area contributed by atoms with Gasteiger partial charge < -0.3 is 14.4 Å². The van der Waals surface area contributed by atoms with Crippen LogP contribution < -0.4 is 4.74 Å². The van der Waals surface area contributed by atoms with E-state index in [0.29, 0.717) is 13.2 Å². The highest BCUT2D eigenvalue weighted by Gasteiger charge is 2.16. The number of esters is 1. The standard InChI is InChI=1S/C16H23NO4/c1-4-10-17(12-16(19)20-3)15(18)9-11-21-14-8-6-5-7-13(14)2/h5-8H,4,9-12H2,1-3H3. The van der Waals surface area contributed by atoms with Gasteiger partial charge in [0.2, 0.25) is 5.91 Å². The minimum atomic E-state index is -0.406. The van der Waals surface area contributed by atoms with Crippen LogP contribution in [0.4, 0.5) is 0 Å². The van der Waals surface area contributed by atoms with Crippen LogP contribution in [0.3, 0.4) is 0 Å². The molecule has 0 saturated carbocycles. The molecule has 1 aromatic rings. The summed E-state index contributed by atoms with van der Waals surface area (Å²) in [7, 11) is 1.32. The van der Waals surface area contributed by atoms with E-state index in [9.17, 15) is 9.59 Å². The monoisotopic (exact) mass is 293 g/mol. The van der Waals surface area contributed by atoms with Gasteiger partial charge in [0.25, 0.3) is 0 Å². The second-order valence-corrected chi connectivity index (χ2v) is 4.76. The number of benzene rings is 1. The van der Waals surface area contributed by atoms with Gasteiger partial charge in [-0.1, -0.05) is 25.1 Å². The number of hydrogen-bond donors (Lipinski definition) is 0. The minimum Gasteiger partial charge on any atom is -0.493 e. The quantitative estimate of drug-likeness (QED) is 0.689. The number of carbonyl (C=O) groups is 2. The summed E-state index contributed by atoms with van der Waals surface area (Å²) >= 11 is 0. The molecule has 0 aliphatic carbocycles. The van der Waals surface area contributed by atoms with Gasteiger partial charge in [-0.15, -0.1) is 0 Å². The van der Waals surface area contributed by atoms with Gasteiger partial charge in [0.15, 0.2) is 0 Å². The zero-order chi connectivity index (χ0) is 15.7. The van der Waals surface area contributed by atoms with Gasteiger partial charge in [0.05, 0.1) is 20.1 Å². The minimum absolute atomic E-state index is 0.00641. The van der Waals surface area contributed by atoms with Crippen molar-refractivity contribution in [1.29, 1.82) is 0 Å². The Morgan fingerprint density at radius 3 is 2.57 bits per heavy atom. The van der Waals surface area contributed by atoms with Crippen molar-refractivity contribution < 1.29 is 19.1 Å². The van der Waals surface area contributed by atoms with Crippen molar-refractivity contribution in [3.05, 3.63) is 29.8 Å². The first-order valence-corrected chi connectivity index (χ1v) is 7.11. The van der Waals surface area contributed by atoms with Crippen LogP contribution in [0.2, 0.25) is 0 Å². The zero-order valence-electron chi connectivity index (χ0n) is 12.9. The van der Waals surface area contributed by atoms with Crippen LogP contribution in [0.5, 0.6) is 5.75 Å². The van der Waals surface area contributed by atoms with Crippen LogP contribution in [0, 0.1) is 6.92 Å². The predicted octanol–water partition coefficient (Wildman–Crippen LogP) is 2.18. The Labute approximate surface area is 125 Å². The molecule has 0 aliphatic rings. The molecule has 0 radical (unpaired) electrons. The van der Waals surface area contributed by atoms with Gasteiger partial charge in [-0.05, 0) is 25.0 Å². The molecule has 0 saturated heterocycles. The predicted molar refractivity (Wildman–Crippen MR) is 80.2 cm³/mol. The Kier molecular flexibility index (Phi) is 7.29. The van der Waals surface area contributed by atoms with Crippen molar-refractivity contribution in [2.45, 2.75) is 26.7 Å². The number of aryl methyl sites for hydroxylation is 1. The number of amides is 1. The van der Waals surface area contributed by atoms with Crippen molar-refractivity contribution in [3.63, 3.8) is 0 Å².